The van der Waals surface area contributed by atoms with Crippen molar-refractivity contribution in [3.63, 3.8) is 0 Å². The molecule has 2 nitrogen and oxygen atoms in total. The first-order valence-corrected chi connectivity index (χ1v) is 9.31. The topological polar surface area (TPSA) is 26.3 Å². The molecule has 11 heavy (non-hydrogen) atoms. The van der Waals surface area contributed by atoms with Crippen LogP contribution in [0.2, 0.25) is 4.18 Å². The second-order valence-corrected chi connectivity index (χ2v) is 9.22. The summed E-state index contributed by atoms with van der Waals surface area (Å²) in [5.41, 5.74) is 0.516. The Morgan fingerprint density at radius 1 is 1.73 bits per heavy atom. The molecule has 0 aromatic rings. The first-order valence-electron chi connectivity index (χ1n) is 3.73. The standard InChI is InChI=1S/C4H6O2.C4H6.In/c1-3(2)4(5)6;1-3-4-2;/h1H2,2H3,(H,5,6);1,3H,2,4H2;/q;;+1/p-1. The molecule has 0 aromatic heterocycles. The molecule has 0 bridgehead atoms. The Kier molecular flexibility index (Phi) is 3.24. The van der Waals surface area contributed by atoms with Crippen molar-refractivity contribution in [1.82, 2.24) is 0 Å². The Morgan fingerprint density at radius 3 is 2.91 bits per heavy atom. The van der Waals surface area contributed by atoms with E-state index in [4.69, 9.17) is 2.85 Å². The molecular formula is C8H11InO2. The summed E-state index contributed by atoms with van der Waals surface area (Å²) in [6, 6.07) is 0. The van der Waals surface area contributed by atoms with Gasteiger partial charge in [0.2, 0.25) is 0 Å². The van der Waals surface area contributed by atoms with E-state index in [0.717, 1.165) is 10.6 Å². The Balaban J connectivity index is 2.36. The van der Waals surface area contributed by atoms with Crippen LogP contribution in [0, 0.1) is 0 Å². The molecule has 0 radical (unpaired) electrons. The van der Waals surface area contributed by atoms with E-state index in [-0.39, 0.29) is 5.97 Å². The zero-order valence-electron chi connectivity index (χ0n) is 6.67. The van der Waals surface area contributed by atoms with Crippen molar-refractivity contribution >= 4 is 27.8 Å². The molecule has 0 saturated heterocycles. The van der Waals surface area contributed by atoms with E-state index in [1.807, 2.05) is 0 Å². The van der Waals surface area contributed by atoms with Gasteiger partial charge in [-0.15, -0.1) is 0 Å². The van der Waals surface area contributed by atoms with Gasteiger partial charge in [-0.05, 0) is 0 Å². The number of hydrogen-bond acceptors (Lipinski definition) is 2. The van der Waals surface area contributed by atoms with Crippen molar-refractivity contribution < 1.29 is 7.65 Å². The average molecular weight is 254 g/mol. The summed E-state index contributed by atoms with van der Waals surface area (Å²) in [6.45, 7) is 5.22. The SMILES string of the molecule is C=C(C)C(=O)[O][In]1[CH]=CC[CH2]1. The van der Waals surface area contributed by atoms with E-state index < -0.39 is 21.9 Å². The second-order valence-electron chi connectivity index (χ2n) is 2.73. The van der Waals surface area contributed by atoms with E-state index in [9.17, 15) is 4.79 Å². The summed E-state index contributed by atoms with van der Waals surface area (Å²) in [7, 11) is 0. The Labute approximate surface area is 75.1 Å². The van der Waals surface area contributed by atoms with Crippen LogP contribution in [0.5, 0.6) is 0 Å². The summed E-state index contributed by atoms with van der Waals surface area (Å²) in [4.78, 5) is 11.0. The maximum absolute atomic E-state index is 11.0. The van der Waals surface area contributed by atoms with E-state index in [1.165, 1.54) is 0 Å². The fraction of sp³-hybridized carbons (Fsp3) is 0.375. The summed E-state index contributed by atoms with van der Waals surface area (Å²) in [5.74, 6) is -0.197. The molecule has 1 aliphatic rings. The summed E-state index contributed by atoms with van der Waals surface area (Å²) in [6.07, 6.45) is 3.22. The molecule has 0 spiro atoms. The zero-order chi connectivity index (χ0) is 8.27. The van der Waals surface area contributed by atoms with Gasteiger partial charge < -0.3 is 0 Å². The summed E-state index contributed by atoms with van der Waals surface area (Å²) in [5, 5.41) is 0. The molecule has 0 atom stereocenters. The molecule has 0 fully saturated rings. The first kappa shape index (κ1) is 8.91. The summed E-state index contributed by atoms with van der Waals surface area (Å²) >= 11 is -1.94. The van der Waals surface area contributed by atoms with Crippen molar-refractivity contribution in [3.05, 3.63) is 22.1 Å². The van der Waals surface area contributed by atoms with Gasteiger partial charge in [0, 0.05) is 0 Å². The molecule has 0 amide bonds. The third-order valence-corrected chi connectivity index (χ3v) is 7.63. The molecule has 1 aliphatic heterocycles. The predicted molar refractivity (Wildman–Crippen MR) is 45.2 cm³/mol. The van der Waals surface area contributed by atoms with Gasteiger partial charge in [0.15, 0.2) is 0 Å². The molecule has 0 saturated carbocycles. The van der Waals surface area contributed by atoms with Gasteiger partial charge >= 0.3 is 75.1 Å². The molecule has 0 unspecified atom stereocenters. The van der Waals surface area contributed by atoms with Crippen LogP contribution in [-0.2, 0) is 7.65 Å². The third kappa shape index (κ3) is 2.73. The van der Waals surface area contributed by atoms with Gasteiger partial charge in [-0.2, -0.15) is 0 Å². The second kappa shape index (κ2) is 4.00. The van der Waals surface area contributed by atoms with Crippen molar-refractivity contribution in [1.29, 1.82) is 0 Å². The van der Waals surface area contributed by atoms with Crippen molar-refractivity contribution in [2.75, 3.05) is 0 Å². The number of carbonyl (C=O) groups is 1. The number of allylic oxidation sites excluding steroid dienone is 1. The molecule has 58 valence electrons. The quantitative estimate of drug-likeness (QED) is 0.699. The van der Waals surface area contributed by atoms with Crippen LogP contribution in [0.25, 0.3) is 0 Å². The van der Waals surface area contributed by atoms with Crippen LogP contribution in [0.4, 0.5) is 0 Å². The van der Waals surface area contributed by atoms with Gasteiger partial charge in [-0.3, -0.25) is 0 Å². The van der Waals surface area contributed by atoms with Crippen LogP contribution >= 0.6 is 0 Å². The minimum atomic E-state index is -1.94. The number of carbonyl (C=O) groups excluding carboxylic acids is 1. The molecule has 0 aromatic carbocycles. The monoisotopic (exact) mass is 254 g/mol. The third-order valence-electron chi connectivity index (χ3n) is 1.58. The number of rotatable bonds is 2. The fourth-order valence-electron chi connectivity index (χ4n) is 0.941. The molecule has 0 aliphatic carbocycles. The summed E-state index contributed by atoms with van der Waals surface area (Å²) < 4.78 is 8.51. The van der Waals surface area contributed by atoms with Gasteiger partial charge in [-0.25, -0.2) is 0 Å². The van der Waals surface area contributed by atoms with Gasteiger partial charge in [0.25, 0.3) is 0 Å². The molecule has 1 rings (SSSR count). The minimum absolute atomic E-state index is 0.197. The normalized spacial score (nSPS) is 15.2. The zero-order valence-corrected chi connectivity index (χ0v) is 9.97. The fourth-order valence-corrected chi connectivity index (χ4v) is 6.31. The van der Waals surface area contributed by atoms with Crippen molar-refractivity contribution in [2.45, 2.75) is 17.5 Å². The average Bonchev–Trinajstić information content (AvgIpc) is 2.39. The van der Waals surface area contributed by atoms with Crippen LogP contribution < -0.4 is 0 Å². The molecule has 1 heterocycles. The van der Waals surface area contributed by atoms with Crippen molar-refractivity contribution in [3.8, 4) is 0 Å². The Bertz CT molecular complexity index is 208. The van der Waals surface area contributed by atoms with Gasteiger partial charge in [-0.1, -0.05) is 0 Å². The Hall–Kier alpha value is -0.180. The number of hydrogen-bond donors (Lipinski definition) is 0. The van der Waals surface area contributed by atoms with E-state index in [1.54, 1.807) is 6.92 Å². The molecule has 3 heteroatoms. The van der Waals surface area contributed by atoms with Gasteiger partial charge in [0.05, 0.1) is 0 Å². The van der Waals surface area contributed by atoms with E-state index >= 15 is 0 Å². The van der Waals surface area contributed by atoms with Crippen LogP contribution in [0.1, 0.15) is 13.3 Å². The Morgan fingerprint density at radius 2 is 2.45 bits per heavy atom. The van der Waals surface area contributed by atoms with Crippen LogP contribution in [-0.4, -0.2) is 27.8 Å². The molecule has 0 N–H and O–H groups in total. The van der Waals surface area contributed by atoms with Crippen LogP contribution in [0.15, 0.2) is 22.1 Å². The van der Waals surface area contributed by atoms with E-state index in [2.05, 4.69) is 16.5 Å². The molecular weight excluding hydrogens is 243 g/mol. The van der Waals surface area contributed by atoms with Gasteiger partial charge in [0.1, 0.15) is 0 Å². The predicted octanol–water partition coefficient (Wildman–Crippen LogP) is 1.60. The first-order chi connectivity index (χ1) is 5.20. The van der Waals surface area contributed by atoms with Crippen molar-refractivity contribution in [2.24, 2.45) is 0 Å². The maximum atomic E-state index is 11.0. The van der Waals surface area contributed by atoms with E-state index in [0.29, 0.717) is 5.57 Å². The van der Waals surface area contributed by atoms with Crippen LogP contribution in [0.3, 0.4) is 0 Å².